The number of carbonyl (C=O) groups excluding carboxylic acids is 1. The number of amides is 1. The van der Waals surface area contributed by atoms with Crippen LogP contribution in [0, 0.1) is 16.7 Å². The molecule has 1 N–H and O–H groups in total. The van der Waals surface area contributed by atoms with Gasteiger partial charge in [0, 0.05) is 6.04 Å². The minimum Gasteiger partial charge on any atom is -0.352 e. The Balaban J connectivity index is 4.01. The van der Waals surface area contributed by atoms with Gasteiger partial charge < -0.3 is 5.32 Å². The Labute approximate surface area is 90.3 Å². The number of carbonyl (C=O) groups is 1. The first-order chi connectivity index (χ1) is 6.44. The van der Waals surface area contributed by atoms with E-state index in [9.17, 15) is 4.79 Å². The molecular formula is C10H18N2OS. The topological polar surface area (TPSA) is 52.9 Å². The molecule has 0 aromatic carbocycles. The number of hydrogen-bond acceptors (Lipinski definition) is 3. The molecule has 0 spiro atoms. The molecule has 0 heterocycles. The Kier molecular flexibility index (Phi) is 5.63. The van der Waals surface area contributed by atoms with E-state index >= 15 is 0 Å². The van der Waals surface area contributed by atoms with Crippen LogP contribution in [0.4, 0.5) is 0 Å². The van der Waals surface area contributed by atoms with Gasteiger partial charge in [0.15, 0.2) is 0 Å². The lowest BCUT2D eigenvalue weighted by Gasteiger charge is -2.19. The van der Waals surface area contributed by atoms with Crippen LogP contribution in [0.25, 0.3) is 0 Å². The highest BCUT2D eigenvalue weighted by Gasteiger charge is 2.27. The van der Waals surface area contributed by atoms with Gasteiger partial charge in [0.25, 0.3) is 0 Å². The fourth-order valence-corrected chi connectivity index (χ4v) is 1.41. The molecule has 0 bridgehead atoms. The molecule has 0 aliphatic rings. The summed E-state index contributed by atoms with van der Waals surface area (Å²) in [5.41, 5.74) is -0.923. The van der Waals surface area contributed by atoms with Crippen LogP contribution in [0.5, 0.6) is 0 Å². The Hall–Kier alpha value is -0.690. The van der Waals surface area contributed by atoms with Gasteiger partial charge >= 0.3 is 0 Å². The van der Waals surface area contributed by atoms with Gasteiger partial charge in [-0.3, -0.25) is 4.79 Å². The van der Waals surface area contributed by atoms with E-state index in [4.69, 9.17) is 5.26 Å². The largest absolute Gasteiger partial charge is 0.352 e. The number of hydrogen-bond donors (Lipinski definition) is 1. The Morgan fingerprint density at radius 3 is 2.64 bits per heavy atom. The maximum Gasteiger partial charge on any atom is 0.240 e. The molecule has 0 radical (unpaired) electrons. The highest BCUT2D eigenvalue weighted by Crippen LogP contribution is 2.13. The van der Waals surface area contributed by atoms with Gasteiger partial charge in [0.05, 0.1) is 6.07 Å². The van der Waals surface area contributed by atoms with Crippen LogP contribution in [0.1, 0.15) is 27.2 Å². The summed E-state index contributed by atoms with van der Waals surface area (Å²) >= 11 is 1.75. The third-order valence-corrected chi connectivity index (χ3v) is 2.62. The third-order valence-electron chi connectivity index (χ3n) is 1.98. The SMILES string of the molecule is CSCCC(C)NC(=O)C(C)(C)C#N. The van der Waals surface area contributed by atoms with E-state index in [-0.39, 0.29) is 11.9 Å². The van der Waals surface area contributed by atoms with Crippen LogP contribution in [0.3, 0.4) is 0 Å². The van der Waals surface area contributed by atoms with Gasteiger partial charge in [-0.2, -0.15) is 17.0 Å². The summed E-state index contributed by atoms with van der Waals surface area (Å²) in [5.74, 6) is 0.836. The zero-order valence-electron chi connectivity index (χ0n) is 9.26. The van der Waals surface area contributed by atoms with E-state index in [0.717, 1.165) is 12.2 Å². The lowest BCUT2D eigenvalue weighted by atomic mass is 9.94. The molecule has 4 heteroatoms. The fourth-order valence-electron chi connectivity index (χ4n) is 0.822. The molecule has 1 unspecified atom stereocenters. The van der Waals surface area contributed by atoms with Crippen LogP contribution in [-0.2, 0) is 4.79 Å². The van der Waals surface area contributed by atoms with Crippen LogP contribution in [-0.4, -0.2) is 24.0 Å². The molecule has 0 aromatic rings. The molecule has 3 nitrogen and oxygen atoms in total. The molecule has 14 heavy (non-hydrogen) atoms. The molecule has 1 atom stereocenters. The van der Waals surface area contributed by atoms with E-state index in [0.29, 0.717) is 0 Å². The summed E-state index contributed by atoms with van der Waals surface area (Å²) < 4.78 is 0. The lowest BCUT2D eigenvalue weighted by Crippen LogP contribution is -2.41. The van der Waals surface area contributed by atoms with E-state index in [1.54, 1.807) is 25.6 Å². The van der Waals surface area contributed by atoms with Crippen LogP contribution in [0.2, 0.25) is 0 Å². The second kappa shape index (κ2) is 5.92. The minimum atomic E-state index is -0.923. The van der Waals surface area contributed by atoms with Crippen LogP contribution < -0.4 is 5.32 Å². The second-order valence-electron chi connectivity index (χ2n) is 3.89. The number of rotatable bonds is 5. The number of nitriles is 1. The van der Waals surface area contributed by atoms with E-state index < -0.39 is 5.41 Å². The van der Waals surface area contributed by atoms with E-state index in [1.807, 2.05) is 19.2 Å². The van der Waals surface area contributed by atoms with Crippen molar-refractivity contribution in [1.82, 2.24) is 5.32 Å². The molecule has 0 saturated heterocycles. The van der Waals surface area contributed by atoms with Crippen molar-refractivity contribution in [2.75, 3.05) is 12.0 Å². The average Bonchev–Trinajstić information content (AvgIpc) is 2.14. The highest BCUT2D eigenvalue weighted by molar-refractivity contribution is 7.98. The van der Waals surface area contributed by atoms with Crippen LogP contribution in [0.15, 0.2) is 0 Å². The van der Waals surface area contributed by atoms with E-state index in [2.05, 4.69) is 5.32 Å². The monoisotopic (exact) mass is 214 g/mol. The predicted molar refractivity (Wildman–Crippen MR) is 60.0 cm³/mol. The first-order valence-corrected chi connectivity index (χ1v) is 6.04. The van der Waals surface area contributed by atoms with Gasteiger partial charge in [-0.1, -0.05) is 0 Å². The Morgan fingerprint density at radius 2 is 2.21 bits per heavy atom. The number of nitrogens with zero attached hydrogens (tertiary/aromatic N) is 1. The van der Waals surface area contributed by atoms with Crippen molar-refractivity contribution in [3.05, 3.63) is 0 Å². The summed E-state index contributed by atoms with van der Waals surface area (Å²) in [5, 5.41) is 11.6. The molecule has 0 aliphatic heterocycles. The van der Waals surface area contributed by atoms with Gasteiger partial charge in [0.2, 0.25) is 5.91 Å². The highest BCUT2D eigenvalue weighted by atomic mass is 32.2. The molecule has 0 fully saturated rings. The first-order valence-electron chi connectivity index (χ1n) is 4.65. The lowest BCUT2D eigenvalue weighted by molar-refractivity contribution is -0.127. The van der Waals surface area contributed by atoms with Crippen molar-refractivity contribution in [2.45, 2.75) is 33.2 Å². The number of nitrogens with one attached hydrogen (secondary N) is 1. The van der Waals surface area contributed by atoms with Crippen molar-refractivity contribution >= 4 is 17.7 Å². The Bertz CT molecular complexity index is 233. The third kappa shape index (κ3) is 4.52. The normalized spacial score (nSPS) is 13.1. The first kappa shape index (κ1) is 13.3. The standard InChI is InChI=1S/C10H18N2OS/c1-8(5-6-14-4)12-9(13)10(2,3)7-11/h8H,5-6H2,1-4H3,(H,12,13). The zero-order valence-corrected chi connectivity index (χ0v) is 10.1. The molecule has 80 valence electrons. The zero-order chi connectivity index (χ0) is 11.2. The van der Waals surface area contributed by atoms with Gasteiger partial charge in [-0.15, -0.1) is 0 Å². The van der Waals surface area contributed by atoms with Crippen molar-refractivity contribution < 1.29 is 4.79 Å². The van der Waals surface area contributed by atoms with Crippen molar-refractivity contribution in [3.8, 4) is 6.07 Å². The van der Waals surface area contributed by atoms with Crippen molar-refractivity contribution in [1.29, 1.82) is 5.26 Å². The maximum atomic E-state index is 11.5. The van der Waals surface area contributed by atoms with Crippen LogP contribution >= 0.6 is 11.8 Å². The minimum absolute atomic E-state index is 0.141. The molecular weight excluding hydrogens is 196 g/mol. The van der Waals surface area contributed by atoms with E-state index in [1.165, 1.54) is 0 Å². The molecule has 1 amide bonds. The van der Waals surface area contributed by atoms with Gasteiger partial charge in [-0.25, -0.2) is 0 Å². The van der Waals surface area contributed by atoms with Crippen molar-refractivity contribution in [3.63, 3.8) is 0 Å². The quantitative estimate of drug-likeness (QED) is 0.759. The fraction of sp³-hybridized carbons (Fsp3) is 0.800. The summed E-state index contributed by atoms with van der Waals surface area (Å²) in [6.07, 6.45) is 2.97. The summed E-state index contributed by atoms with van der Waals surface area (Å²) in [6, 6.07) is 2.13. The summed E-state index contributed by atoms with van der Waals surface area (Å²) in [4.78, 5) is 11.5. The predicted octanol–water partition coefficient (Wildman–Crippen LogP) is 1.79. The molecule has 0 aromatic heterocycles. The van der Waals surface area contributed by atoms with Crippen molar-refractivity contribution in [2.24, 2.45) is 5.41 Å². The maximum absolute atomic E-state index is 11.5. The smallest absolute Gasteiger partial charge is 0.240 e. The summed E-state index contributed by atoms with van der Waals surface area (Å²) in [7, 11) is 0. The molecule has 0 rings (SSSR count). The van der Waals surface area contributed by atoms with Gasteiger partial charge in [0.1, 0.15) is 5.41 Å². The average molecular weight is 214 g/mol. The second-order valence-corrected chi connectivity index (χ2v) is 4.88. The molecule has 0 saturated carbocycles. The molecule has 0 aliphatic carbocycles. The van der Waals surface area contributed by atoms with Gasteiger partial charge in [-0.05, 0) is 39.2 Å². The summed E-state index contributed by atoms with van der Waals surface area (Å²) in [6.45, 7) is 5.22. The Morgan fingerprint density at radius 1 is 1.64 bits per heavy atom. The number of thioether (sulfide) groups is 1.